The molecule has 2 heterocycles. The third kappa shape index (κ3) is 0.810. The Morgan fingerprint density at radius 1 is 1.46 bits per heavy atom. The zero-order valence-electron chi connectivity index (χ0n) is 8.04. The quantitative estimate of drug-likeness (QED) is 0.477. The second kappa shape index (κ2) is 2.08. The molecule has 3 nitrogen and oxygen atoms in total. The van der Waals surface area contributed by atoms with E-state index in [1.165, 1.54) is 0 Å². The molecule has 1 aliphatic carbocycles. The molecule has 2 saturated heterocycles. The Bertz CT molecular complexity index is 264. The van der Waals surface area contributed by atoms with Crippen LogP contribution < -0.4 is 5.32 Å². The van der Waals surface area contributed by atoms with Gasteiger partial charge in [-0.2, -0.15) is 0 Å². The number of β-lactam (4-membered cyclic amide) rings is 1. The average Bonchev–Trinajstić information content (AvgIpc) is 2.69. The lowest BCUT2D eigenvalue weighted by Gasteiger charge is -2.49. The lowest BCUT2D eigenvalue weighted by Crippen LogP contribution is -2.68. The molecule has 3 aliphatic rings. The lowest BCUT2D eigenvalue weighted by molar-refractivity contribution is -0.150. The van der Waals surface area contributed by atoms with Gasteiger partial charge in [-0.15, -0.1) is 0 Å². The summed E-state index contributed by atoms with van der Waals surface area (Å²) in [6.07, 6.45) is 2.75. The van der Waals surface area contributed by atoms with Crippen LogP contribution in [0, 0.1) is 11.3 Å². The molecule has 1 N–H and O–H groups in total. The lowest BCUT2D eigenvalue weighted by atomic mass is 9.66. The fraction of sp³-hybridized carbons (Fsp3) is 0.900. The van der Waals surface area contributed by atoms with E-state index in [4.69, 9.17) is 4.74 Å². The first-order chi connectivity index (χ1) is 6.13. The normalized spacial score (nSPS) is 51.9. The van der Waals surface area contributed by atoms with Crippen LogP contribution in [0.4, 0.5) is 0 Å². The number of amides is 1. The van der Waals surface area contributed by atoms with Gasteiger partial charge in [0.1, 0.15) is 0 Å². The summed E-state index contributed by atoms with van der Waals surface area (Å²) in [4.78, 5) is 11.6. The summed E-state index contributed by atoms with van der Waals surface area (Å²) < 4.78 is 5.38. The maximum Gasteiger partial charge on any atom is 0.228 e. The molecule has 3 fully saturated rings. The molecule has 1 unspecified atom stereocenters. The van der Waals surface area contributed by atoms with Crippen LogP contribution in [0.1, 0.15) is 26.7 Å². The number of carbonyl (C=O) groups is 1. The minimum atomic E-state index is -0.0399. The van der Waals surface area contributed by atoms with Crippen LogP contribution in [0.5, 0.6) is 0 Å². The van der Waals surface area contributed by atoms with Crippen molar-refractivity contribution in [1.29, 1.82) is 0 Å². The van der Waals surface area contributed by atoms with Gasteiger partial charge in [-0.3, -0.25) is 4.79 Å². The number of carbonyl (C=O) groups excluding carboxylic acids is 1. The third-order valence-corrected chi connectivity index (χ3v) is 3.82. The predicted octanol–water partition coefficient (Wildman–Crippen LogP) is 0.688. The first-order valence-electron chi connectivity index (χ1n) is 5.10. The van der Waals surface area contributed by atoms with Crippen molar-refractivity contribution in [1.82, 2.24) is 5.32 Å². The van der Waals surface area contributed by atoms with E-state index in [2.05, 4.69) is 19.2 Å². The standard InChI is InChI=1S/C10H15NO2/c1-5(2)8-10(9(12)11-8)3-6-7(4-10)13-6/h5-8H,3-4H2,1-2H3,(H,11,12)/t6-,7+,8-,10?/m0/s1. The molecule has 0 aromatic carbocycles. The van der Waals surface area contributed by atoms with E-state index >= 15 is 0 Å². The van der Waals surface area contributed by atoms with E-state index in [1.807, 2.05) is 0 Å². The summed E-state index contributed by atoms with van der Waals surface area (Å²) in [5.74, 6) is 0.817. The van der Waals surface area contributed by atoms with Crippen LogP contribution >= 0.6 is 0 Å². The minimum Gasteiger partial charge on any atom is -0.370 e. The van der Waals surface area contributed by atoms with Gasteiger partial charge in [-0.25, -0.2) is 0 Å². The van der Waals surface area contributed by atoms with Crippen molar-refractivity contribution in [2.75, 3.05) is 0 Å². The topological polar surface area (TPSA) is 41.6 Å². The van der Waals surface area contributed by atoms with E-state index in [0.29, 0.717) is 24.2 Å². The molecule has 1 saturated carbocycles. The highest BCUT2D eigenvalue weighted by Crippen LogP contribution is 2.56. The molecule has 3 heteroatoms. The van der Waals surface area contributed by atoms with Gasteiger partial charge in [0.15, 0.2) is 0 Å². The number of hydrogen-bond acceptors (Lipinski definition) is 2. The van der Waals surface area contributed by atoms with Gasteiger partial charge >= 0.3 is 0 Å². The van der Waals surface area contributed by atoms with Crippen molar-refractivity contribution in [3.05, 3.63) is 0 Å². The van der Waals surface area contributed by atoms with Crippen LogP contribution in [-0.2, 0) is 9.53 Å². The van der Waals surface area contributed by atoms with Crippen molar-refractivity contribution in [3.63, 3.8) is 0 Å². The summed E-state index contributed by atoms with van der Waals surface area (Å²) in [6, 6.07) is 0.399. The van der Waals surface area contributed by atoms with E-state index in [1.54, 1.807) is 0 Å². The largest absolute Gasteiger partial charge is 0.370 e. The van der Waals surface area contributed by atoms with Crippen molar-refractivity contribution in [3.8, 4) is 0 Å². The Morgan fingerprint density at radius 2 is 2.08 bits per heavy atom. The van der Waals surface area contributed by atoms with Gasteiger partial charge < -0.3 is 10.1 Å². The molecule has 72 valence electrons. The molecule has 1 spiro atoms. The average molecular weight is 181 g/mol. The first kappa shape index (κ1) is 7.80. The first-order valence-corrected chi connectivity index (χ1v) is 5.10. The van der Waals surface area contributed by atoms with Crippen molar-refractivity contribution in [2.45, 2.75) is 44.9 Å². The second-order valence-electron chi connectivity index (χ2n) is 4.97. The SMILES string of the molecule is CC(C)[C@@H]1NC(=O)C12C[C@@H]1O[C@@H]1C2. The van der Waals surface area contributed by atoms with Gasteiger partial charge in [0, 0.05) is 6.04 Å². The van der Waals surface area contributed by atoms with Gasteiger partial charge in [-0.1, -0.05) is 13.8 Å². The number of ether oxygens (including phenoxy) is 1. The summed E-state index contributed by atoms with van der Waals surface area (Å²) in [5.41, 5.74) is -0.0399. The maximum absolute atomic E-state index is 11.6. The summed E-state index contributed by atoms with van der Waals surface area (Å²) in [7, 11) is 0. The van der Waals surface area contributed by atoms with Gasteiger partial charge in [-0.05, 0) is 18.8 Å². The Kier molecular flexibility index (Phi) is 1.25. The smallest absolute Gasteiger partial charge is 0.228 e. The number of hydrogen-bond donors (Lipinski definition) is 1. The second-order valence-corrected chi connectivity index (χ2v) is 4.97. The number of rotatable bonds is 1. The van der Waals surface area contributed by atoms with Crippen LogP contribution in [0.25, 0.3) is 0 Å². The predicted molar refractivity (Wildman–Crippen MR) is 47.1 cm³/mol. The van der Waals surface area contributed by atoms with Crippen LogP contribution in [0.3, 0.4) is 0 Å². The fourth-order valence-electron chi connectivity index (χ4n) is 3.07. The number of epoxide rings is 1. The van der Waals surface area contributed by atoms with Gasteiger partial charge in [0.25, 0.3) is 0 Å². The highest BCUT2D eigenvalue weighted by atomic mass is 16.6. The van der Waals surface area contributed by atoms with Crippen molar-refractivity contribution in [2.24, 2.45) is 11.3 Å². The molecule has 1 amide bonds. The number of nitrogens with one attached hydrogen (secondary N) is 1. The van der Waals surface area contributed by atoms with E-state index in [9.17, 15) is 4.79 Å². The zero-order chi connectivity index (χ0) is 9.22. The Morgan fingerprint density at radius 3 is 2.54 bits per heavy atom. The van der Waals surface area contributed by atoms with Crippen molar-refractivity contribution >= 4 is 5.91 Å². The molecule has 4 atom stereocenters. The van der Waals surface area contributed by atoms with Gasteiger partial charge in [0.2, 0.25) is 5.91 Å². The molecule has 3 rings (SSSR count). The van der Waals surface area contributed by atoms with Crippen LogP contribution in [-0.4, -0.2) is 24.2 Å². The monoisotopic (exact) mass is 181 g/mol. The Labute approximate surface area is 77.8 Å². The number of fused-ring (bicyclic) bond motifs is 1. The van der Waals surface area contributed by atoms with E-state index < -0.39 is 0 Å². The Balaban J connectivity index is 1.84. The van der Waals surface area contributed by atoms with Crippen LogP contribution in [0.15, 0.2) is 0 Å². The summed E-state index contributed by atoms with van der Waals surface area (Å²) in [6.45, 7) is 4.35. The molecule has 13 heavy (non-hydrogen) atoms. The van der Waals surface area contributed by atoms with E-state index in [-0.39, 0.29) is 11.3 Å². The highest BCUT2D eigenvalue weighted by molar-refractivity contribution is 5.91. The zero-order valence-corrected chi connectivity index (χ0v) is 8.04. The minimum absolute atomic E-state index is 0.0399. The third-order valence-electron chi connectivity index (χ3n) is 3.82. The fourth-order valence-corrected chi connectivity index (χ4v) is 3.07. The van der Waals surface area contributed by atoms with E-state index in [0.717, 1.165) is 12.8 Å². The molecule has 0 radical (unpaired) electrons. The molecule has 2 aliphatic heterocycles. The van der Waals surface area contributed by atoms with Crippen molar-refractivity contribution < 1.29 is 9.53 Å². The highest BCUT2D eigenvalue weighted by Gasteiger charge is 2.67. The summed E-state index contributed by atoms with van der Waals surface area (Å²) in [5, 5.41) is 3.02. The molecular formula is C10H15NO2. The molecule has 0 bridgehead atoms. The molecule has 0 aromatic heterocycles. The molecule has 0 aromatic rings. The maximum atomic E-state index is 11.6. The van der Waals surface area contributed by atoms with Gasteiger partial charge in [0.05, 0.1) is 17.6 Å². The molecular weight excluding hydrogens is 166 g/mol. The Hall–Kier alpha value is -0.570. The van der Waals surface area contributed by atoms with Crippen LogP contribution in [0.2, 0.25) is 0 Å². The summed E-state index contributed by atoms with van der Waals surface area (Å²) >= 11 is 0.